The van der Waals surface area contributed by atoms with E-state index in [1.54, 1.807) is 23.1 Å². The van der Waals surface area contributed by atoms with Crippen molar-refractivity contribution < 1.29 is 9.90 Å². The normalized spacial score (nSPS) is 14.1. The third-order valence-electron chi connectivity index (χ3n) is 3.58. The van der Waals surface area contributed by atoms with E-state index in [1.165, 1.54) is 6.07 Å². The zero-order valence-corrected chi connectivity index (χ0v) is 11.3. The molecule has 1 heterocycles. The topological polar surface area (TPSA) is 43.8 Å². The summed E-state index contributed by atoms with van der Waals surface area (Å²) in [6.45, 7) is 1.43. The second-order valence-electron chi connectivity index (χ2n) is 4.92. The molecule has 2 aromatic rings. The molecule has 20 heavy (non-hydrogen) atoms. The average molecular weight is 268 g/mol. The minimum Gasteiger partial charge on any atom is -0.508 e. The molecule has 0 saturated heterocycles. The van der Waals surface area contributed by atoms with Crippen molar-refractivity contribution in [3.8, 4) is 5.75 Å². The minimum atomic E-state index is -0.0820. The molecule has 0 atom stereocenters. The first-order valence-electron chi connectivity index (χ1n) is 6.58. The third-order valence-corrected chi connectivity index (χ3v) is 3.58. The van der Waals surface area contributed by atoms with Gasteiger partial charge in [0.05, 0.1) is 11.4 Å². The standard InChI is InChI=1S/C16H16N2O2/c1-17-9-10-18(15-8-3-2-7-14(15)17)16(20)12-5-4-6-13(19)11-12/h2-8,11,19H,9-10H2,1H3. The molecule has 0 spiro atoms. The van der Waals surface area contributed by atoms with Crippen molar-refractivity contribution in [2.75, 3.05) is 29.9 Å². The molecular formula is C16H16N2O2. The van der Waals surface area contributed by atoms with Gasteiger partial charge >= 0.3 is 0 Å². The fraction of sp³-hybridized carbons (Fsp3) is 0.188. The lowest BCUT2D eigenvalue weighted by Gasteiger charge is -2.35. The van der Waals surface area contributed by atoms with Crippen LogP contribution >= 0.6 is 0 Å². The number of para-hydroxylation sites is 2. The van der Waals surface area contributed by atoms with Crippen molar-refractivity contribution >= 4 is 17.3 Å². The number of hydrogen-bond donors (Lipinski definition) is 1. The molecule has 1 aliphatic heterocycles. The quantitative estimate of drug-likeness (QED) is 0.864. The summed E-state index contributed by atoms with van der Waals surface area (Å²) in [6, 6.07) is 14.3. The van der Waals surface area contributed by atoms with E-state index in [2.05, 4.69) is 4.90 Å². The highest BCUT2D eigenvalue weighted by Gasteiger charge is 2.25. The van der Waals surface area contributed by atoms with Gasteiger partial charge in [0.25, 0.3) is 5.91 Å². The van der Waals surface area contributed by atoms with Crippen LogP contribution in [0.2, 0.25) is 0 Å². The Hall–Kier alpha value is -2.49. The molecule has 0 unspecified atom stereocenters. The van der Waals surface area contributed by atoms with Gasteiger partial charge in [-0.1, -0.05) is 18.2 Å². The smallest absolute Gasteiger partial charge is 0.258 e. The number of carbonyl (C=O) groups is 1. The highest BCUT2D eigenvalue weighted by atomic mass is 16.3. The fourth-order valence-electron chi connectivity index (χ4n) is 2.51. The zero-order valence-electron chi connectivity index (χ0n) is 11.3. The van der Waals surface area contributed by atoms with E-state index in [9.17, 15) is 9.90 Å². The summed E-state index contributed by atoms with van der Waals surface area (Å²) in [7, 11) is 2.02. The lowest BCUT2D eigenvalue weighted by Crippen LogP contribution is -2.42. The number of aromatic hydroxyl groups is 1. The molecule has 1 N–H and O–H groups in total. The maximum atomic E-state index is 12.6. The van der Waals surface area contributed by atoms with Crippen molar-refractivity contribution in [2.45, 2.75) is 0 Å². The Kier molecular flexibility index (Phi) is 3.06. The van der Waals surface area contributed by atoms with Gasteiger partial charge in [0.15, 0.2) is 0 Å². The van der Waals surface area contributed by atoms with E-state index in [0.717, 1.165) is 17.9 Å². The number of carbonyl (C=O) groups excluding carboxylic acids is 1. The van der Waals surface area contributed by atoms with Crippen molar-refractivity contribution in [1.82, 2.24) is 0 Å². The van der Waals surface area contributed by atoms with E-state index in [1.807, 2.05) is 31.3 Å². The molecule has 0 radical (unpaired) electrons. The van der Waals surface area contributed by atoms with Gasteiger partial charge < -0.3 is 14.9 Å². The summed E-state index contributed by atoms with van der Waals surface area (Å²) in [5.41, 5.74) is 2.46. The molecule has 0 bridgehead atoms. The zero-order chi connectivity index (χ0) is 14.1. The van der Waals surface area contributed by atoms with Crippen molar-refractivity contribution in [2.24, 2.45) is 0 Å². The summed E-state index contributed by atoms with van der Waals surface area (Å²) < 4.78 is 0. The number of hydrogen-bond acceptors (Lipinski definition) is 3. The average Bonchev–Trinajstić information content (AvgIpc) is 2.47. The molecule has 0 aromatic heterocycles. The minimum absolute atomic E-state index is 0.0820. The Labute approximate surface area is 117 Å². The number of anilines is 2. The van der Waals surface area contributed by atoms with Gasteiger partial charge in [0.2, 0.25) is 0 Å². The largest absolute Gasteiger partial charge is 0.508 e. The van der Waals surface area contributed by atoms with Crippen LogP contribution in [0.15, 0.2) is 48.5 Å². The number of nitrogens with zero attached hydrogens (tertiary/aromatic N) is 2. The van der Waals surface area contributed by atoms with Crippen LogP contribution in [-0.4, -0.2) is 31.2 Å². The summed E-state index contributed by atoms with van der Waals surface area (Å²) >= 11 is 0. The number of phenolic OH excluding ortho intramolecular Hbond substituents is 1. The Balaban J connectivity index is 1.99. The van der Waals surface area contributed by atoms with Crippen molar-refractivity contribution in [3.63, 3.8) is 0 Å². The maximum absolute atomic E-state index is 12.6. The first-order chi connectivity index (χ1) is 9.66. The Morgan fingerprint density at radius 1 is 1.05 bits per heavy atom. The number of benzene rings is 2. The van der Waals surface area contributed by atoms with Gasteiger partial charge in [-0.15, -0.1) is 0 Å². The first-order valence-corrected chi connectivity index (χ1v) is 6.58. The first kappa shape index (κ1) is 12.5. The van der Waals surface area contributed by atoms with Gasteiger partial charge in [-0.2, -0.15) is 0 Å². The summed E-state index contributed by atoms with van der Waals surface area (Å²) in [6.07, 6.45) is 0. The maximum Gasteiger partial charge on any atom is 0.258 e. The number of amides is 1. The third kappa shape index (κ3) is 2.09. The lowest BCUT2D eigenvalue weighted by molar-refractivity contribution is 0.0986. The van der Waals surface area contributed by atoms with Crippen LogP contribution < -0.4 is 9.80 Å². The van der Waals surface area contributed by atoms with Crippen molar-refractivity contribution in [3.05, 3.63) is 54.1 Å². The van der Waals surface area contributed by atoms with E-state index in [0.29, 0.717) is 12.1 Å². The van der Waals surface area contributed by atoms with Gasteiger partial charge in [-0.05, 0) is 30.3 Å². The second-order valence-corrected chi connectivity index (χ2v) is 4.92. The number of likely N-dealkylation sites (N-methyl/N-ethyl adjacent to an activating group) is 1. The van der Waals surface area contributed by atoms with Crippen molar-refractivity contribution in [1.29, 1.82) is 0 Å². The van der Waals surface area contributed by atoms with Crippen LogP contribution in [0.5, 0.6) is 5.75 Å². The van der Waals surface area contributed by atoms with Gasteiger partial charge in [0, 0.05) is 25.7 Å². The van der Waals surface area contributed by atoms with Crippen LogP contribution in [-0.2, 0) is 0 Å². The number of fused-ring (bicyclic) bond motifs is 1. The summed E-state index contributed by atoms with van der Waals surface area (Å²) in [5.74, 6) is 0.0275. The highest BCUT2D eigenvalue weighted by molar-refractivity contribution is 6.08. The lowest BCUT2D eigenvalue weighted by atomic mass is 10.1. The fourth-order valence-corrected chi connectivity index (χ4v) is 2.51. The SMILES string of the molecule is CN1CCN(C(=O)c2cccc(O)c2)c2ccccc21. The predicted molar refractivity (Wildman–Crippen MR) is 79.5 cm³/mol. The Morgan fingerprint density at radius 2 is 1.80 bits per heavy atom. The molecule has 2 aromatic carbocycles. The van der Waals surface area contributed by atoms with Gasteiger partial charge in [0.1, 0.15) is 5.75 Å². The molecule has 0 saturated carbocycles. The number of phenols is 1. The molecule has 4 nitrogen and oxygen atoms in total. The number of rotatable bonds is 1. The van der Waals surface area contributed by atoms with Crippen LogP contribution in [0.3, 0.4) is 0 Å². The highest BCUT2D eigenvalue weighted by Crippen LogP contribution is 2.32. The van der Waals surface area contributed by atoms with Gasteiger partial charge in [-0.25, -0.2) is 0 Å². The molecule has 0 fully saturated rings. The van der Waals surface area contributed by atoms with E-state index >= 15 is 0 Å². The Bertz CT molecular complexity index is 654. The second kappa shape index (κ2) is 4.89. The molecule has 1 aliphatic rings. The van der Waals surface area contributed by atoms with Crippen LogP contribution in [0.25, 0.3) is 0 Å². The molecular weight excluding hydrogens is 252 g/mol. The summed E-state index contributed by atoms with van der Waals surface area (Å²) in [4.78, 5) is 16.5. The molecule has 102 valence electrons. The van der Waals surface area contributed by atoms with E-state index < -0.39 is 0 Å². The predicted octanol–water partition coefficient (Wildman–Crippen LogP) is 2.49. The molecule has 1 amide bonds. The van der Waals surface area contributed by atoms with Gasteiger partial charge in [-0.3, -0.25) is 4.79 Å². The van der Waals surface area contributed by atoms with Crippen LogP contribution in [0, 0.1) is 0 Å². The summed E-state index contributed by atoms with van der Waals surface area (Å²) in [5, 5.41) is 9.52. The molecule has 3 rings (SSSR count). The van der Waals surface area contributed by atoms with E-state index in [4.69, 9.17) is 0 Å². The molecule has 0 aliphatic carbocycles. The monoisotopic (exact) mass is 268 g/mol. The van der Waals surface area contributed by atoms with E-state index in [-0.39, 0.29) is 11.7 Å². The van der Waals surface area contributed by atoms with Crippen LogP contribution in [0.4, 0.5) is 11.4 Å². The van der Waals surface area contributed by atoms with Crippen LogP contribution in [0.1, 0.15) is 10.4 Å². The molecule has 4 heteroatoms. The Morgan fingerprint density at radius 3 is 2.55 bits per heavy atom.